The zero-order valence-electron chi connectivity index (χ0n) is 10.7. The van der Waals surface area contributed by atoms with Crippen molar-refractivity contribution in [1.29, 1.82) is 0 Å². The van der Waals surface area contributed by atoms with Gasteiger partial charge in [-0.2, -0.15) is 0 Å². The maximum atomic E-state index is 13.7. The first-order chi connectivity index (χ1) is 10.2. The van der Waals surface area contributed by atoms with E-state index in [2.05, 4.69) is 4.72 Å². The van der Waals surface area contributed by atoms with Crippen molar-refractivity contribution in [3.8, 4) is 0 Å². The number of hydrogen-bond donors (Lipinski definition) is 2. The number of aromatic carboxylic acids is 1. The van der Waals surface area contributed by atoms with Gasteiger partial charge < -0.3 is 5.11 Å². The van der Waals surface area contributed by atoms with Crippen LogP contribution in [-0.4, -0.2) is 19.5 Å². The van der Waals surface area contributed by atoms with Gasteiger partial charge in [-0.25, -0.2) is 17.6 Å². The van der Waals surface area contributed by atoms with Crippen molar-refractivity contribution in [2.24, 2.45) is 0 Å². The molecular weight excluding hydrogens is 356 g/mol. The summed E-state index contributed by atoms with van der Waals surface area (Å²) < 4.78 is 40.2. The molecule has 2 aromatic carbocycles. The molecule has 0 amide bonds. The summed E-state index contributed by atoms with van der Waals surface area (Å²) in [4.78, 5) is 10.1. The number of halogens is 3. The Kier molecular flexibility index (Phi) is 4.60. The van der Waals surface area contributed by atoms with Crippen molar-refractivity contribution in [2.45, 2.75) is 4.90 Å². The van der Waals surface area contributed by atoms with Crippen molar-refractivity contribution in [3.63, 3.8) is 0 Å². The molecular formula is C13H8Cl2FNO4S. The number of carbonyl (C=O) groups is 1. The molecule has 2 rings (SSSR count). The van der Waals surface area contributed by atoms with Gasteiger partial charge in [0.15, 0.2) is 0 Å². The smallest absolute Gasteiger partial charge is 0.335 e. The number of benzene rings is 2. The molecule has 0 unspecified atom stereocenters. The molecule has 116 valence electrons. The minimum atomic E-state index is -4.34. The third kappa shape index (κ3) is 3.68. The van der Waals surface area contributed by atoms with Crippen LogP contribution in [0, 0.1) is 5.82 Å². The minimum absolute atomic E-state index is 0.0256. The van der Waals surface area contributed by atoms with E-state index < -0.39 is 26.7 Å². The number of nitrogens with one attached hydrogen (secondary N) is 1. The van der Waals surface area contributed by atoms with Gasteiger partial charge in [0.1, 0.15) is 10.7 Å². The summed E-state index contributed by atoms with van der Waals surface area (Å²) in [7, 11) is -4.34. The number of rotatable bonds is 4. The SMILES string of the molecule is O=C(O)c1ccc(F)c(S(=O)(=O)Nc2cc(Cl)cc(Cl)c2)c1. The highest BCUT2D eigenvalue weighted by molar-refractivity contribution is 7.92. The van der Waals surface area contributed by atoms with Crippen LogP contribution >= 0.6 is 23.2 Å². The van der Waals surface area contributed by atoms with Gasteiger partial charge in [0.25, 0.3) is 10.0 Å². The molecule has 22 heavy (non-hydrogen) atoms. The van der Waals surface area contributed by atoms with Gasteiger partial charge in [-0.3, -0.25) is 4.72 Å². The zero-order chi connectivity index (χ0) is 16.5. The summed E-state index contributed by atoms with van der Waals surface area (Å²) in [6, 6.07) is 6.42. The van der Waals surface area contributed by atoms with Crippen LogP contribution in [0.2, 0.25) is 10.0 Å². The number of carboxylic acids is 1. The molecule has 0 aromatic heterocycles. The lowest BCUT2D eigenvalue weighted by molar-refractivity contribution is 0.0696. The summed E-state index contributed by atoms with van der Waals surface area (Å²) in [5, 5.41) is 9.23. The van der Waals surface area contributed by atoms with Crippen LogP contribution in [0.5, 0.6) is 0 Å². The average molecular weight is 364 g/mol. The third-order valence-corrected chi connectivity index (χ3v) is 4.42. The number of sulfonamides is 1. The van der Waals surface area contributed by atoms with Crippen LogP contribution in [-0.2, 0) is 10.0 Å². The van der Waals surface area contributed by atoms with Crippen molar-refractivity contribution < 1.29 is 22.7 Å². The minimum Gasteiger partial charge on any atom is -0.478 e. The largest absolute Gasteiger partial charge is 0.478 e. The lowest BCUT2D eigenvalue weighted by Crippen LogP contribution is -2.15. The first-order valence-corrected chi connectivity index (χ1v) is 7.95. The summed E-state index contributed by atoms with van der Waals surface area (Å²) in [6.07, 6.45) is 0. The fourth-order valence-corrected chi connectivity index (χ4v) is 3.34. The third-order valence-electron chi connectivity index (χ3n) is 2.58. The second-order valence-electron chi connectivity index (χ2n) is 4.21. The van der Waals surface area contributed by atoms with Crippen LogP contribution in [0.15, 0.2) is 41.3 Å². The van der Waals surface area contributed by atoms with E-state index >= 15 is 0 Å². The van der Waals surface area contributed by atoms with Gasteiger partial charge in [0, 0.05) is 10.0 Å². The predicted molar refractivity (Wildman–Crippen MR) is 80.6 cm³/mol. The lowest BCUT2D eigenvalue weighted by atomic mass is 10.2. The van der Waals surface area contributed by atoms with Crippen LogP contribution in [0.4, 0.5) is 10.1 Å². The molecule has 0 fully saturated rings. The number of anilines is 1. The van der Waals surface area contributed by atoms with Crippen molar-refractivity contribution >= 4 is 44.9 Å². The van der Waals surface area contributed by atoms with E-state index in [0.717, 1.165) is 18.2 Å². The van der Waals surface area contributed by atoms with E-state index in [0.29, 0.717) is 0 Å². The Morgan fingerprint density at radius 3 is 2.23 bits per heavy atom. The van der Waals surface area contributed by atoms with Crippen LogP contribution in [0.25, 0.3) is 0 Å². The van der Waals surface area contributed by atoms with Gasteiger partial charge >= 0.3 is 5.97 Å². The van der Waals surface area contributed by atoms with E-state index in [-0.39, 0.29) is 21.3 Å². The highest BCUT2D eigenvalue weighted by atomic mass is 35.5. The fourth-order valence-electron chi connectivity index (χ4n) is 1.67. The summed E-state index contributed by atoms with van der Waals surface area (Å²) in [5.74, 6) is -2.45. The molecule has 0 aliphatic heterocycles. The monoisotopic (exact) mass is 363 g/mol. The van der Waals surface area contributed by atoms with Gasteiger partial charge in [0.05, 0.1) is 11.3 Å². The molecule has 0 aliphatic carbocycles. The van der Waals surface area contributed by atoms with E-state index in [1.807, 2.05) is 0 Å². The molecule has 0 saturated heterocycles. The van der Waals surface area contributed by atoms with Crippen LogP contribution in [0.1, 0.15) is 10.4 Å². The molecule has 2 N–H and O–H groups in total. The first-order valence-electron chi connectivity index (χ1n) is 5.71. The van der Waals surface area contributed by atoms with E-state index in [4.69, 9.17) is 28.3 Å². The standard InChI is InChI=1S/C13H8Cl2FNO4S/c14-8-4-9(15)6-10(5-8)17-22(20,21)12-3-7(13(18)19)1-2-11(12)16/h1-6,17H,(H,18,19). The van der Waals surface area contributed by atoms with E-state index in [9.17, 15) is 17.6 Å². The fraction of sp³-hybridized carbons (Fsp3) is 0. The normalized spacial score (nSPS) is 11.2. The molecule has 9 heteroatoms. The van der Waals surface area contributed by atoms with E-state index in [1.54, 1.807) is 0 Å². The second-order valence-corrected chi connectivity index (χ2v) is 6.74. The van der Waals surface area contributed by atoms with Crippen molar-refractivity contribution in [2.75, 3.05) is 4.72 Å². The lowest BCUT2D eigenvalue weighted by Gasteiger charge is -2.10. The highest BCUT2D eigenvalue weighted by Gasteiger charge is 2.21. The quantitative estimate of drug-likeness (QED) is 0.868. The molecule has 5 nitrogen and oxygen atoms in total. The molecule has 2 aromatic rings. The second kappa shape index (κ2) is 6.12. The first kappa shape index (κ1) is 16.5. The Bertz CT molecular complexity index is 835. The molecule has 0 spiro atoms. The summed E-state index contributed by atoms with van der Waals surface area (Å²) >= 11 is 11.5. The van der Waals surface area contributed by atoms with Gasteiger partial charge in [-0.15, -0.1) is 0 Å². The maximum Gasteiger partial charge on any atom is 0.335 e. The average Bonchev–Trinajstić information content (AvgIpc) is 2.36. The zero-order valence-corrected chi connectivity index (χ0v) is 13.0. The van der Waals surface area contributed by atoms with Gasteiger partial charge in [0.2, 0.25) is 0 Å². The predicted octanol–water partition coefficient (Wildman–Crippen LogP) is 3.63. The Labute approximate surface area is 135 Å². The summed E-state index contributed by atoms with van der Waals surface area (Å²) in [5.41, 5.74) is -0.330. The topological polar surface area (TPSA) is 83.5 Å². The Balaban J connectivity index is 2.46. The molecule has 0 heterocycles. The number of carboxylic acid groups (broad SMARTS) is 1. The van der Waals surface area contributed by atoms with Gasteiger partial charge in [-0.05, 0) is 36.4 Å². The highest BCUT2D eigenvalue weighted by Crippen LogP contribution is 2.25. The van der Waals surface area contributed by atoms with Gasteiger partial charge in [-0.1, -0.05) is 23.2 Å². The molecule has 0 bridgehead atoms. The maximum absolute atomic E-state index is 13.7. The molecule has 0 saturated carbocycles. The Morgan fingerprint density at radius 1 is 1.09 bits per heavy atom. The van der Waals surface area contributed by atoms with Crippen molar-refractivity contribution in [3.05, 3.63) is 57.8 Å². The molecule has 0 radical (unpaired) electrons. The molecule has 0 aliphatic rings. The van der Waals surface area contributed by atoms with E-state index in [1.165, 1.54) is 18.2 Å². The Morgan fingerprint density at radius 2 is 1.68 bits per heavy atom. The Hall–Kier alpha value is -1.83. The van der Waals surface area contributed by atoms with Crippen molar-refractivity contribution in [1.82, 2.24) is 0 Å². The molecule has 0 atom stereocenters. The number of hydrogen-bond acceptors (Lipinski definition) is 3. The van der Waals surface area contributed by atoms with Crippen LogP contribution in [0.3, 0.4) is 0 Å². The summed E-state index contributed by atoms with van der Waals surface area (Å²) in [6.45, 7) is 0. The van der Waals surface area contributed by atoms with Crippen LogP contribution < -0.4 is 4.72 Å².